The second kappa shape index (κ2) is 3.99. The zero-order chi connectivity index (χ0) is 10.1. The Morgan fingerprint density at radius 3 is 2.86 bits per heavy atom. The molecule has 0 aliphatic heterocycles. The molecule has 1 aliphatic carbocycles. The molecule has 0 radical (unpaired) electrons. The van der Waals surface area contributed by atoms with Crippen molar-refractivity contribution >= 4 is 11.3 Å². The molecular formula is C11H18N2S. The van der Waals surface area contributed by atoms with E-state index < -0.39 is 0 Å². The summed E-state index contributed by atoms with van der Waals surface area (Å²) in [6.45, 7) is 4.36. The Labute approximate surface area is 89.5 Å². The van der Waals surface area contributed by atoms with Crippen LogP contribution in [0.4, 0.5) is 0 Å². The lowest BCUT2D eigenvalue weighted by atomic mass is 9.96. The molecule has 1 aromatic heterocycles. The third-order valence-corrected chi connectivity index (χ3v) is 4.01. The first kappa shape index (κ1) is 10.1. The van der Waals surface area contributed by atoms with Crippen molar-refractivity contribution in [1.82, 2.24) is 4.98 Å². The highest BCUT2D eigenvalue weighted by Crippen LogP contribution is 2.37. The Balaban J connectivity index is 2.05. The van der Waals surface area contributed by atoms with Crippen LogP contribution in [0.15, 0.2) is 5.38 Å². The first-order valence-corrected chi connectivity index (χ1v) is 6.22. The molecule has 2 N–H and O–H groups in total. The number of nitrogens with zero attached hydrogens (tertiary/aromatic N) is 1. The zero-order valence-corrected chi connectivity index (χ0v) is 9.68. The Kier molecular flexibility index (Phi) is 2.88. The molecule has 14 heavy (non-hydrogen) atoms. The molecular weight excluding hydrogens is 192 g/mol. The van der Waals surface area contributed by atoms with Crippen LogP contribution >= 0.6 is 11.3 Å². The van der Waals surface area contributed by atoms with Crippen molar-refractivity contribution in [2.45, 2.75) is 39.2 Å². The maximum absolute atomic E-state index is 6.22. The molecule has 1 aliphatic rings. The van der Waals surface area contributed by atoms with E-state index in [1.807, 2.05) is 6.92 Å². The molecule has 2 nitrogen and oxygen atoms in total. The lowest BCUT2D eigenvalue weighted by Crippen LogP contribution is -2.19. The van der Waals surface area contributed by atoms with Gasteiger partial charge in [-0.1, -0.05) is 13.3 Å². The van der Waals surface area contributed by atoms with Crippen LogP contribution in [0.3, 0.4) is 0 Å². The number of thiazole rings is 1. The highest BCUT2D eigenvalue weighted by atomic mass is 32.1. The monoisotopic (exact) mass is 210 g/mol. The quantitative estimate of drug-likeness (QED) is 0.815. The molecule has 78 valence electrons. The minimum atomic E-state index is 0.171. The van der Waals surface area contributed by atoms with Crippen LogP contribution < -0.4 is 5.73 Å². The largest absolute Gasteiger partial charge is 0.322 e. The maximum Gasteiger partial charge on any atom is 0.0898 e. The number of nitrogens with two attached hydrogens (primary N) is 1. The number of hydrogen-bond donors (Lipinski definition) is 1. The Bertz CT molecular complexity index is 308. The first-order valence-electron chi connectivity index (χ1n) is 5.34. The average Bonchev–Trinajstić information content (AvgIpc) is 2.73. The standard InChI is InChI=1S/C11H18N2S/c1-7-3-4-9(5-7)11(12)10-6-14-8(2)13-10/h6-7,9,11H,3-5,12H2,1-2H3. The van der Waals surface area contributed by atoms with Gasteiger partial charge in [0, 0.05) is 5.38 Å². The fourth-order valence-electron chi connectivity index (χ4n) is 2.35. The summed E-state index contributed by atoms with van der Waals surface area (Å²) in [5.41, 5.74) is 7.32. The van der Waals surface area contributed by atoms with Crippen molar-refractivity contribution in [2.24, 2.45) is 17.6 Å². The van der Waals surface area contributed by atoms with Crippen LogP contribution in [-0.2, 0) is 0 Å². The van der Waals surface area contributed by atoms with Crippen molar-refractivity contribution in [3.05, 3.63) is 16.1 Å². The normalized spacial score (nSPS) is 29.4. The van der Waals surface area contributed by atoms with Crippen LogP contribution in [-0.4, -0.2) is 4.98 Å². The first-order chi connectivity index (χ1) is 6.66. The molecule has 1 fully saturated rings. The smallest absolute Gasteiger partial charge is 0.0898 e. The van der Waals surface area contributed by atoms with E-state index in [1.165, 1.54) is 19.3 Å². The topological polar surface area (TPSA) is 38.9 Å². The lowest BCUT2D eigenvalue weighted by molar-refractivity contribution is 0.423. The number of hydrogen-bond acceptors (Lipinski definition) is 3. The van der Waals surface area contributed by atoms with Crippen molar-refractivity contribution in [3.63, 3.8) is 0 Å². The van der Waals surface area contributed by atoms with E-state index in [-0.39, 0.29) is 6.04 Å². The van der Waals surface area contributed by atoms with Gasteiger partial charge in [-0.2, -0.15) is 0 Å². The van der Waals surface area contributed by atoms with Gasteiger partial charge in [0.2, 0.25) is 0 Å². The van der Waals surface area contributed by atoms with Crippen LogP contribution in [0.2, 0.25) is 0 Å². The predicted octanol–water partition coefficient (Wildman–Crippen LogP) is 2.89. The molecule has 0 bridgehead atoms. The van der Waals surface area contributed by atoms with Gasteiger partial charge in [0.05, 0.1) is 16.7 Å². The van der Waals surface area contributed by atoms with E-state index >= 15 is 0 Å². The van der Waals surface area contributed by atoms with Gasteiger partial charge < -0.3 is 5.73 Å². The van der Waals surface area contributed by atoms with Crippen LogP contribution in [0.1, 0.15) is 42.9 Å². The summed E-state index contributed by atoms with van der Waals surface area (Å²) >= 11 is 1.70. The van der Waals surface area contributed by atoms with Gasteiger partial charge in [0.1, 0.15) is 0 Å². The third-order valence-electron chi connectivity index (χ3n) is 3.22. The highest BCUT2D eigenvalue weighted by Gasteiger charge is 2.28. The molecule has 0 spiro atoms. The van der Waals surface area contributed by atoms with Gasteiger partial charge in [0.15, 0.2) is 0 Å². The van der Waals surface area contributed by atoms with Gasteiger partial charge in [-0.3, -0.25) is 0 Å². The van der Waals surface area contributed by atoms with E-state index in [0.29, 0.717) is 5.92 Å². The van der Waals surface area contributed by atoms with Crippen molar-refractivity contribution in [2.75, 3.05) is 0 Å². The van der Waals surface area contributed by atoms with Gasteiger partial charge in [-0.25, -0.2) is 4.98 Å². The van der Waals surface area contributed by atoms with Gasteiger partial charge in [-0.05, 0) is 31.6 Å². The molecule has 0 amide bonds. The second-order valence-electron chi connectivity index (χ2n) is 4.50. The summed E-state index contributed by atoms with van der Waals surface area (Å²) in [6, 6.07) is 0.171. The van der Waals surface area contributed by atoms with Crippen molar-refractivity contribution in [3.8, 4) is 0 Å². The molecule has 2 rings (SSSR count). The summed E-state index contributed by atoms with van der Waals surface area (Å²) in [4.78, 5) is 4.47. The second-order valence-corrected chi connectivity index (χ2v) is 5.56. The van der Waals surface area contributed by atoms with Gasteiger partial charge in [0.25, 0.3) is 0 Å². The summed E-state index contributed by atoms with van der Waals surface area (Å²) in [6.07, 6.45) is 3.89. The van der Waals surface area contributed by atoms with E-state index in [1.54, 1.807) is 11.3 Å². The molecule has 0 aromatic carbocycles. The highest BCUT2D eigenvalue weighted by molar-refractivity contribution is 7.09. The molecule has 3 heteroatoms. The molecule has 3 unspecified atom stereocenters. The molecule has 1 saturated carbocycles. The summed E-state index contributed by atoms with van der Waals surface area (Å²) < 4.78 is 0. The minimum Gasteiger partial charge on any atom is -0.322 e. The fraction of sp³-hybridized carbons (Fsp3) is 0.727. The molecule has 1 aromatic rings. The number of rotatable bonds is 2. The Hall–Kier alpha value is -0.410. The Morgan fingerprint density at radius 2 is 2.36 bits per heavy atom. The Morgan fingerprint density at radius 1 is 1.57 bits per heavy atom. The van der Waals surface area contributed by atoms with Crippen molar-refractivity contribution in [1.29, 1.82) is 0 Å². The summed E-state index contributed by atoms with van der Waals surface area (Å²) in [5, 5.41) is 3.24. The average molecular weight is 210 g/mol. The van der Waals surface area contributed by atoms with Gasteiger partial charge >= 0.3 is 0 Å². The molecule has 0 saturated heterocycles. The van der Waals surface area contributed by atoms with Crippen LogP contribution in [0.25, 0.3) is 0 Å². The summed E-state index contributed by atoms with van der Waals surface area (Å²) in [5.74, 6) is 1.51. The van der Waals surface area contributed by atoms with Crippen molar-refractivity contribution < 1.29 is 0 Å². The van der Waals surface area contributed by atoms with E-state index in [9.17, 15) is 0 Å². The minimum absolute atomic E-state index is 0.171. The maximum atomic E-state index is 6.22. The van der Waals surface area contributed by atoms with E-state index in [0.717, 1.165) is 16.6 Å². The molecule has 3 atom stereocenters. The van der Waals surface area contributed by atoms with E-state index in [4.69, 9.17) is 5.73 Å². The third kappa shape index (κ3) is 1.98. The van der Waals surface area contributed by atoms with Gasteiger partial charge in [-0.15, -0.1) is 11.3 Å². The predicted molar refractivity (Wildman–Crippen MR) is 60.3 cm³/mol. The molecule has 1 heterocycles. The van der Waals surface area contributed by atoms with E-state index in [2.05, 4.69) is 17.3 Å². The number of aryl methyl sites for hydroxylation is 1. The summed E-state index contributed by atoms with van der Waals surface area (Å²) in [7, 11) is 0. The van der Waals surface area contributed by atoms with Crippen LogP contribution in [0.5, 0.6) is 0 Å². The number of aromatic nitrogens is 1. The van der Waals surface area contributed by atoms with Crippen LogP contribution in [0, 0.1) is 18.8 Å². The zero-order valence-electron chi connectivity index (χ0n) is 8.86. The fourth-order valence-corrected chi connectivity index (χ4v) is 3.01. The lowest BCUT2D eigenvalue weighted by Gasteiger charge is -2.16. The SMILES string of the molecule is Cc1nc(C(N)C2CCC(C)C2)cs1.